The molecule has 1 N–H and O–H groups in total. The van der Waals surface area contributed by atoms with Crippen molar-refractivity contribution in [2.45, 2.75) is 12.3 Å². The Balaban J connectivity index is 1.40. The van der Waals surface area contributed by atoms with Crippen LogP contribution in [0.5, 0.6) is 0 Å². The van der Waals surface area contributed by atoms with Crippen molar-refractivity contribution in [2.24, 2.45) is 0 Å². The standard InChI is InChI=1S/C18H19N3OS2/c22-18(19-8-10-23-14-17-7-4-9-24-17)16-11-20-21(13-16)12-15-5-2-1-3-6-15/h1-7,9,11,13H,8,10,12,14H2,(H,19,22). The number of hydrogen-bond acceptors (Lipinski definition) is 4. The maximum absolute atomic E-state index is 12.1. The van der Waals surface area contributed by atoms with Crippen molar-refractivity contribution in [1.29, 1.82) is 0 Å². The van der Waals surface area contributed by atoms with Gasteiger partial charge < -0.3 is 5.32 Å². The fourth-order valence-electron chi connectivity index (χ4n) is 2.24. The largest absolute Gasteiger partial charge is 0.351 e. The maximum atomic E-state index is 12.1. The molecule has 0 saturated heterocycles. The van der Waals surface area contributed by atoms with E-state index in [0.29, 0.717) is 18.7 Å². The predicted octanol–water partition coefficient (Wildman–Crippen LogP) is 3.66. The Kier molecular flexibility index (Phi) is 6.09. The third-order valence-corrected chi connectivity index (χ3v) is 5.51. The summed E-state index contributed by atoms with van der Waals surface area (Å²) in [6, 6.07) is 14.3. The van der Waals surface area contributed by atoms with Crippen molar-refractivity contribution in [3.05, 3.63) is 76.2 Å². The van der Waals surface area contributed by atoms with Gasteiger partial charge in [-0.3, -0.25) is 9.48 Å². The van der Waals surface area contributed by atoms with Crippen molar-refractivity contribution >= 4 is 29.0 Å². The molecule has 0 saturated carbocycles. The summed E-state index contributed by atoms with van der Waals surface area (Å²) < 4.78 is 1.79. The molecular formula is C18H19N3OS2. The summed E-state index contributed by atoms with van der Waals surface area (Å²) in [5.74, 6) is 1.84. The number of amides is 1. The number of nitrogens with zero attached hydrogens (tertiary/aromatic N) is 2. The summed E-state index contributed by atoms with van der Waals surface area (Å²) in [7, 11) is 0. The van der Waals surface area contributed by atoms with Gasteiger partial charge in [0.1, 0.15) is 0 Å². The molecule has 3 rings (SSSR count). The van der Waals surface area contributed by atoms with Crippen molar-refractivity contribution < 1.29 is 4.79 Å². The van der Waals surface area contributed by atoms with Gasteiger partial charge in [0.2, 0.25) is 0 Å². The molecule has 3 aromatic rings. The second-order valence-electron chi connectivity index (χ2n) is 5.30. The van der Waals surface area contributed by atoms with Crippen LogP contribution in [0.4, 0.5) is 0 Å². The van der Waals surface area contributed by atoms with Crippen LogP contribution in [0, 0.1) is 0 Å². The summed E-state index contributed by atoms with van der Waals surface area (Å²) in [4.78, 5) is 13.5. The Hall–Kier alpha value is -2.05. The van der Waals surface area contributed by atoms with Crippen molar-refractivity contribution in [2.75, 3.05) is 12.3 Å². The number of nitrogens with one attached hydrogen (secondary N) is 1. The minimum atomic E-state index is -0.0639. The molecule has 0 fully saturated rings. The van der Waals surface area contributed by atoms with Crippen LogP contribution in [0.1, 0.15) is 20.8 Å². The first-order valence-electron chi connectivity index (χ1n) is 7.76. The lowest BCUT2D eigenvalue weighted by Gasteiger charge is -2.03. The van der Waals surface area contributed by atoms with Crippen LogP contribution in [0.3, 0.4) is 0 Å². The average molecular weight is 358 g/mol. The Labute approximate surface area is 149 Å². The molecule has 2 aromatic heterocycles. The van der Waals surface area contributed by atoms with E-state index in [0.717, 1.165) is 17.1 Å². The molecule has 0 aliphatic carbocycles. The van der Waals surface area contributed by atoms with E-state index in [1.165, 1.54) is 4.88 Å². The first-order chi connectivity index (χ1) is 11.8. The smallest absolute Gasteiger partial charge is 0.254 e. The van der Waals surface area contributed by atoms with E-state index in [4.69, 9.17) is 0 Å². The van der Waals surface area contributed by atoms with Crippen LogP contribution < -0.4 is 5.32 Å². The third-order valence-electron chi connectivity index (χ3n) is 3.44. The molecule has 124 valence electrons. The van der Waals surface area contributed by atoms with E-state index < -0.39 is 0 Å². The third kappa shape index (κ3) is 4.97. The fraction of sp³-hybridized carbons (Fsp3) is 0.222. The monoisotopic (exact) mass is 357 g/mol. The summed E-state index contributed by atoms with van der Waals surface area (Å²) >= 11 is 3.60. The van der Waals surface area contributed by atoms with E-state index in [1.807, 2.05) is 42.1 Å². The number of thioether (sulfide) groups is 1. The van der Waals surface area contributed by atoms with E-state index >= 15 is 0 Å². The first kappa shape index (κ1) is 16.8. The van der Waals surface area contributed by atoms with Crippen molar-refractivity contribution in [3.63, 3.8) is 0 Å². The van der Waals surface area contributed by atoms with E-state index in [1.54, 1.807) is 28.4 Å². The zero-order valence-electron chi connectivity index (χ0n) is 13.2. The number of carbonyl (C=O) groups is 1. The molecule has 1 amide bonds. The van der Waals surface area contributed by atoms with Gasteiger partial charge >= 0.3 is 0 Å². The van der Waals surface area contributed by atoms with Gasteiger partial charge in [-0.05, 0) is 17.0 Å². The summed E-state index contributed by atoms with van der Waals surface area (Å²) in [5.41, 5.74) is 1.77. The molecule has 24 heavy (non-hydrogen) atoms. The highest BCUT2D eigenvalue weighted by molar-refractivity contribution is 7.98. The highest BCUT2D eigenvalue weighted by atomic mass is 32.2. The van der Waals surface area contributed by atoms with E-state index in [9.17, 15) is 4.79 Å². The van der Waals surface area contributed by atoms with Gasteiger partial charge in [0.25, 0.3) is 5.91 Å². The van der Waals surface area contributed by atoms with Gasteiger partial charge in [-0.15, -0.1) is 11.3 Å². The van der Waals surface area contributed by atoms with Gasteiger partial charge in [-0.1, -0.05) is 36.4 Å². The number of thiophene rings is 1. The molecule has 0 atom stereocenters. The minimum absolute atomic E-state index is 0.0639. The van der Waals surface area contributed by atoms with Crippen molar-refractivity contribution in [1.82, 2.24) is 15.1 Å². The van der Waals surface area contributed by atoms with Gasteiger partial charge in [0, 0.05) is 29.1 Å². The molecule has 2 heterocycles. The lowest BCUT2D eigenvalue weighted by Crippen LogP contribution is -2.25. The maximum Gasteiger partial charge on any atom is 0.254 e. The topological polar surface area (TPSA) is 46.9 Å². The molecular weight excluding hydrogens is 338 g/mol. The highest BCUT2D eigenvalue weighted by Crippen LogP contribution is 2.16. The molecule has 0 aliphatic rings. The summed E-state index contributed by atoms with van der Waals surface area (Å²) in [6.07, 6.45) is 3.41. The molecule has 6 heteroatoms. The Morgan fingerprint density at radius 2 is 2.08 bits per heavy atom. The van der Waals surface area contributed by atoms with Crippen LogP contribution in [0.15, 0.2) is 60.2 Å². The Morgan fingerprint density at radius 3 is 2.88 bits per heavy atom. The second-order valence-corrected chi connectivity index (χ2v) is 7.44. The van der Waals surface area contributed by atoms with Gasteiger partial charge in [-0.25, -0.2) is 0 Å². The lowest BCUT2D eigenvalue weighted by atomic mass is 10.2. The molecule has 0 spiro atoms. The van der Waals surface area contributed by atoms with Crippen LogP contribution in [0.25, 0.3) is 0 Å². The van der Waals surface area contributed by atoms with E-state index in [2.05, 4.69) is 27.9 Å². The van der Waals surface area contributed by atoms with Gasteiger partial charge in [-0.2, -0.15) is 16.9 Å². The minimum Gasteiger partial charge on any atom is -0.351 e. The molecule has 4 nitrogen and oxygen atoms in total. The van der Waals surface area contributed by atoms with E-state index in [-0.39, 0.29) is 5.91 Å². The molecule has 0 unspecified atom stereocenters. The van der Waals surface area contributed by atoms with Crippen LogP contribution >= 0.6 is 23.1 Å². The number of carbonyl (C=O) groups excluding carboxylic acids is 1. The number of benzene rings is 1. The summed E-state index contributed by atoms with van der Waals surface area (Å²) in [5, 5.41) is 9.30. The number of rotatable bonds is 8. The zero-order valence-corrected chi connectivity index (χ0v) is 14.9. The highest BCUT2D eigenvalue weighted by Gasteiger charge is 2.08. The Bertz CT molecular complexity index is 754. The van der Waals surface area contributed by atoms with Crippen LogP contribution in [-0.4, -0.2) is 28.0 Å². The molecule has 1 aromatic carbocycles. The van der Waals surface area contributed by atoms with Gasteiger partial charge in [0.05, 0.1) is 18.3 Å². The normalized spacial score (nSPS) is 10.7. The lowest BCUT2D eigenvalue weighted by molar-refractivity contribution is 0.0956. The number of hydrogen-bond donors (Lipinski definition) is 1. The molecule has 0 aliphatic heterocycles. The first-order valence-corrected chi connectivity index (χ1v) is 9.79. The SMILES string of the molecule is O=C(NCCSCc1cccs1)c1cnn(Cc2ccccc2)c1. The summed E-state index contributed by atoms with van der Waals surface area (Å²) in [6.45, 7) is 1.34. The number of aromatic nitrogens is 2. The molecule has 0 bridgehead atoms. The van der Waals surface area contributed by atoms with Crippen LogP contribution in [-0.2, 0) is 12.3 Å². The average Bonchev–Trinajstić information content (AvgIpc) is 3.27. The van der Waals surface area contributed by atoms with Crippen molar-refractivity contribution in [3.8, 4) is 0 Å². The predicted molar refractivity (Wildman–Crippen MR) is 101 cm³/mol. The quantitative estimate of drug-likeness (QED) is 0.626. The fourth-order valence-corrected chi connectivity index (χ4v) is 3.94. The molecule has 0 radical (unpaired) electrons. The zero-order chi connectivity index (χ0) is 16.6. The second kappa shape index (κ2) is 8.70. The van der Waals surface area contributed by atoms with Gasteiger partial charge in [0.15, 0.2) is 0 Å². The Morgan fingerprint density at radius 1 is 1.21 bits per heavy atom. The van der Waals surface area contributed by atoms with Crippen LogP contribution in [0.2, 0.25) is 0 Å².